The van der Waals surface area contributed by atoms with E-state index < -0.39 is 0 Å². The number of fused-ring (bicyclic) bond motifs is 4. The van der Waals surface area contributed by atoms with E-state index >= 15 is 0 Å². The lowest BCUT2D eigenvalue weighted by Crippen LogP contribution is -2.70. The zero-order valence-electron chi connectivity index (χ0n) is 11.0. The second-order valence-corrected chi connectivity index (χ2v) is 6.21. The van der Waals surface area contributed by atoms with Gasteiger partial charge in [-0.05, 0) is 51.3 Å². The summed E-state index contributed by atoms with van der Waals surface area (Å²) in [6, 6.07) is 1.32. The van der Waals surface area contributed by atoms with Gasteiger partial charge in [-0.25, -0.2) is 0 Å². The Morgan fingerprint density at radius 2 is 2.17 bits per heavy atom. The van der Waals surface area contributed by atoms with Gasteiger partial charge < -0.3 is 15.5 Å². The van der Waals surface area contributed by atoms with Gasteiger partial charge >= 0.3 is 0 Å². The van der Waals surface area contributed by atoms with Crippen molar-refractivity contribution in [2.75, 3.05) is 19.6 Å². The van der Waals surface area contributed by atoms with Crippen LogP contribution in [0.4, 0.5) is 0 Å². The fourth-order valence-corrected chi connectivity index (χ4v) is 4.49. The van der Waals surface area contributed by atoms with E-state index in [0.29, 0.717) is 11.6 Å². The Labute approximate surface area is 109 Å². The minimum Gasteiger partial charge on any atom is -0.369 e. The third kappa shape index (κ3) is 1.50. The first kappa shape index (κ1) is 11.1. The van der Waals surface area contributed by atoms with Gasteiger partial charge in [-0.1, -0.05) is 12.2 Å². The van der Waals surface area contributed by atoms with Crippen LogP contribution in [0.2, 0.25) is 0 Å². The van der Waals surface area contributed by atoms with Crippen molar-refractivity contribution >= 4 is 0 Å². The average molecular weight is 245 g/mol. The first-order valence-electron chi connectivity index (χ1n) is 7.51. The van der Waals surface area contributed by atoms with Gasteiger partial charge in [0.1, 0.15) is 0 Å². The molecule has 0 amide bonds. The molecule has 2 unspecified atom stereocenters. The molecule has 0 radical (unpaired) electrons. The molecular weight excluding hydrogens is 222 g/mol. The lowest BCUT2D eigenvalue weighted by Gasteiger charge is -2.55. The van der Waals surface area contributed by atoms with Crippen LogP contribution in [0.3, 0.4) is 0 Å². The molecule has 0 aromatic carbocycles. The van der Waals surface area contributed by atoms with Crippen LogP contribution in [0.5, 0.6) is 0 Å². The summed E-state index contributed by atoms with van der Waals surface area (Å²) in [7, 11) is 0. The van der Waals surface area contributed by atoms with E-state index in [4.69, 9.17) is 0 Å². The van der Waals surface area contributed by atoms with Crippen LogP contribution in [0, 0.1) is 0 Å². The maximum atomic E-state index is 4.04. The van der Waals surface area contributed by atoms with E-state index in [2.05, 4.69) is 33.8 Å². The summed E-state index contributed by atoms with van der Waals surface area (Å²) in [6.07, 6.45) is 13.4. The van der Waals surface area contributed by atoms with Crippen molar-refractivity contribution in [3.8, 4) is 0 Å². The quantitative estimate of drug-likeness (QED) is 0.675. The molecule has 3 fully saturated rings. The maximum Gasteiger partial charge on any atom is 0.0511 e. The highest BCUT2D eigenvalue weighted by Crippen LogP contribution is 2.41. The molecule has 3 saturated heterocycles. The molecule has 3 heterocycles. The summed E-state index contributed by atoms with van der Waals surface area (Å²) in [5.74, 6) is 0. The van der Waals surface area contributed by atoms with Crippen molar-refractivity contribution in [1.29, 1.82) is 0 Å². The summed E-state index contributed by atoms with van der Waals surface area (Å²) in [6.45, 7) is 3.63. The highest BCUT2D eigenvalue weighted by molar-refractivity contribution is 5.30. The third-order valence-corrected chi connectivity index (χ3v) is 5.31. The number of piperazine rings is 1. The molecule has 3 aliphatic heterocycles. The number of piperidine rings is 1. The number of nitrogens with zero attached hydrogens (tertiary/aromatic N) is 1. The lowest BCUT2D eigenvalue weighted by molar-refractivity contribution is 0.0684. The van der Waals surface area contributed by atoms with Crippen LogP contribution in [0.25, 0.3) is 0 Å². The number of rotatable bonds is 0. The molecule has 2 N–H and O–H groups in total. The van der Waals surface area contributed by atoms with Gasteiger partial charge in [-0.2, -0.15) is 0 Å². The Morgan fingerprint density at radius 1 is 1.28 bits per heavy atom. The van der Waals surface area contributed by atoms with E-state index in [1.54, 1.807) is 5.70 Å². The molecule has 0 saturated carbocycles. The fraction of sp³-hybridized carbons (Fsp3) is 0.733. The highest BCUT2D eigenvalue weighted by atomic mass is 15.3. The maximum absolute atomic E-state index is 4.04. The number of hydrogen-bond acceptors (Lipinski definition) is 3. The molecule has 18 heavy (non-hydrogen) atoms. The molecule has 3 heteroatoms. The van der Waals surface area contributed by atoms with Crippen LogP contribution in [-0.4, -0.2) is 42.2 Å². The van der Waals surface area contributed by atoms with E-state index in [-0.39, 0.29) is 0 Å². The second kappa shape index (κ2) is 4.10. The first-order valence-corrected chi connectivity index (χ1v) is 7.51. The van der Waals surface area contributed by atoms with Crippen molar-refractivity contribution < 1.29 is 0 Å². The molecule has 0 bridgehead atoms. The van der Waals surface area contributed by atoms with Gasteiger partial charge in [-0.15, -0.1) is 0 Å². The standard InChI is InChI=1S/C15H23N3/c1-2-5-13-12(4-1)17-15(7-9-16-10-8-15)14-6-3-11-18(13)14/h1-2,5,12,14,16-17H,3-4,6-11H2. The summed E-state index contributed by atoms with van der Waals surface area (Å²) < 4.78 is 0. The predicted octanol–water partition coefficient (Wildman–Crippen LogP) is 1.39. The molecule has 3 nitrogen and oxygen atoms in total. The molecule has 98 valence electrons. The summed E-state index contributed by atoms with van der Waals surface area (Å²) in [5, 5.41) is 7.56. The van der Waals surface area contributed by atoms with E-state index in [1.165, 1.54) is 51.7 Å². The van der Waals surface area contributed by atoms with Gasteiger partial charge in [0.05, 0.1) is 6.04 Å². The summed E-state index contributed by atoms with van der Waals surface area (Å²) in [4.78, 5) is 2.73. The Kier molecular flexibility index (Phi) is 2.52. The van der Waals surface area contributed by atoms with Gasteiger partial charge in [0, 0.05) is 23.8 Å². The van der Waals surface area contributed by atoms with E-state index in [9.17, 15) is 0 Å². The van der Waals surface area contributed by atoms with Crippen molar-refractivity contribution in [2.24, 2.45) is 0 Å². The van der Waals surface area contributed by atoms with Gasteiger partial charge in [0.25, 0.3) is 0 Å². The van der Waals surface area contributed by atoms with Crippen LogP contribution >= 0.6 is 0 Å². The smallest absolute Gasteiger partial charge is 0.0511 e. The van der Waals surface area contributed by atoms with E-state index in [0.717, 1.165) is 6.04 Å². The van der Waals surface area contributed by atoms with Gasteiger partial charge in [0.2, 0.25) is 0 Å². The van der Waals surface area contributed by atoms with E-state index in [1.807, 2.05) is 0 Å². The van der Waals surface area contributed by atoms with Crippen LogP contribution in [0.15, 0.2) is 23.9 Å². The molecule has 4 rings (SSSR count). The normalized spacial score (nSPS) is 37.3. The Balaban J connectivity index is 1.70. The lowest BCUT2D eigenvalue weighted by atomic mass is 9.76. The zero-order valence-corrected chi connectivity index (χ0v) is 11.0. The summed E-state index contributed by atoms with van der Waals surface area (Å²) >= 11 is 0. The number of hydrogen-bond donors (Lipinski definition) is 2. The fourth-order valence-electron chi connectivity index (χ4n) is 4.49. The highest BCUT2D eigenvalue weighted by Gasteiger charge is 2.50. The SMILES string of the molecule is C1=CCC2NC3(CCNCC3)C3CCCN3C2=C1. The minimum absolute atomic E-state index is 0.384. The van der Waals surface area contributed by atoms with Gasteiger partial charge in [-0.3, -0.25) is 0 Å². The molecule has 0 aromatic heterocycles. The molecule has 4 aliphatic rings. The van der Waals surface area contributed by atoms with Crippen LogP contribution in [0.1, 0.15) is 32.1 Å². The Bertz CT molecular complexity index is 393. The van der Waals surface area contributed by atoms with Crippen molar-refractivity contribution in [3.63, 3.8) is 0 Å². The van der Waals surface area contributed by atoms with Crippen molar-refractivity contribution in [3.05, 3.63) is 23.9 Å². The third-order valence-electron chi connectivity index (χ3n) is 5.31. The average Bonchev–Trinajstić information content (AvgIpc) is 2.90. The predicted molar refractivity (Wildman–Crippen MR) is 73.3 cm³/mol. The Morgan fingerprint density at radius 3 is 3.06 bits per heavy atom. The monoisotopic (exact) mass is 245 g/mol. The van der Waals surface area contributed by atoms with Crippen LogP contribution in [-0.2, 0) is 0 Å². The minimum atomic E-state index is 0.384. The zero-order chi connectivity index (χ0) is 12.0. The molecular formula is C15H23N3. The Hall–Kier alpha value is -0.800. The molecule has 0 aromatic rings. The topological polar surface area (TPSA) is 27.3 Å². The first-order chi connectivity index (χ1) is 8.89. The number of allylic oxidation sites excluding steroid dienone is 2. The molecule has 1 spiro atoms. The largest absolute Gasteiger partial charge is 0.369 e. The van der Waals surface area contributed by atoms with Crippen molar-refractivity contribution in [1.82, 2.24) is 15.5 Å². The second-order valence-electron chi connectivity index (χ2n) is 6.21. The van der Waals surface area contributed by atoms with Gasteiger partial charge in [0.15, 0.2) is 0 Å². The molecule has 2 atom stereocenters. The number of nitrogens with one attached hydrogen (secondary N) is 2. The molecule has 1 aliphatic carbocycles. The van der Waals surface area contributed by atoms with Crippen molar-refractivity contribution in [2.45, 2.75) is 49.7 Å². The van der Waals surface area contributed by atoms with Crippen LogP contribution < -0.4 is 10.6 Å². The summed E-state index contributed by atoms with van der Waals surface area (Å²) in [5.41, 5.74) is 1.94.